The summed E-state index contributed by atoms with van der Waals surface area (Å²) in [6, 6.07) is -0.393. The molecule has 0 aromatic carbocycles. The van der Waals surface area contributed by atoms with Crippen LogP contribution >= 0.6 is 15.9 Å². The highest BCUT2D eigenvalue weighted by atomic mass is 79.9. The number of carbonyl (C=O) groups is 1. The van der Waals surface area contributed by atoms with E-state index in [1.807, 2.05) is 20.8 Å². The fourth-order valence-electron chi connectivity index (χ4n) is 1.39. The molecule has 106 valence electrons. The summed E-state index contributed by atoms with van der Waals surface area (Å²) in [6.45, 7) is 7.61. The third-order valence-corrected chi connectivity index (χ3v) is 3.02. The molecule has 1 aromatic rings. The van der Waals surface area contributed by atoms with E-state index in [0.717, 1.165) is 0 Å². The molecule has 3 N–H and O–H groups in total. The number of anilines is 2. The lowest BCUT2D eigenvalue weighted by Gasteiger charge is -2.24. The van der Waals surface area contributed by atoms with Crippen LogP contribution in [-0.2, 0) is 4.79 Å². The normalized spacial score (nSPS) is 12.7. The molecule has 7 heteroatoms. The molecular formula is C12H20BrN5O. The number of halogens is 1. The number of amides is 1. The van der Waals surface area contributed by atoms with E-state index in [9.17, 15) is 4.79 Å². The van der Waals surface area contributed by atoms with Crippen molar-refractivity contribution in [2.24, 2.45) is 0 Å². The Kier molecular flexibility index (Phi) is 5.11. The van der Waals surface area contributed by atoms with Gasteiger partial charge in [0.25, 0.3) is 0 Å². The van der Waals surface area contributed by atoms with Crippen LogP contribution in [-0.4, -0.2) is 34.5 Å². The van der Waals surface area contributed by atoms with Crippen LogP contribution in [0.15, 0.2) is 10.8 Å². The second-order valence-corrected chi connectivity index (χ2v) is 6.03. The van der Waals surface area contributed by atoms with Gasteiger partial charge < -0.3 is 16.0 Å². The first kappa shape index (κ1) is 15.7. The van der Waals surface area contributed by atoms with E-state index >= 15 is 0 Å². The lowest BCUT2D eigenvalue weighted by Crippen LogP contribution is -2.47. The Bertz CT molecular complexity index is 458. The van der Waals surface area contributed by atoms with Gasteiger partial charge in [-0.3, -0.25) is 4.79 Å². The van der Waals surface area contributed by atoms with Crippen LogP contribution in [0.4, 0.5) is 11.6 Å². The molecular weight excluding hydrogens is 310 g/mol. The van der Waals surface area contributed by atoms with Crippen LogP contribution < -0.4 is 16.0 Å². The molecule has 1 heterocycles. The van der Waals surface area contributed by atoms with Crippen LogP contribution in [0.1, 0.15) is 27.7 Å². The molecule has 0 spiro atoms. The highest BCUT2D eigenvalue weighted by Crippen LogP contribution is 2.26. The Balaban J connectivity index is 2.77. The summed E-state index contributed by atoms with van der Waals surface area (Å²) < 4.78 is 0.702. The second-order valence-electron chi connectivity index (χ2n) is 5.24. The standard InChI is InChI=1S/C12H20BrN5O/c1-7(11(19)18-12(2,3)4)17-10-8(13)9(14-5)15-6-16-10/h6-7H,1-5H3,(H,18,19)(H2,14,15,16,17). The molecule has 6 nitrogen and oxygen atoms in total. The quantitative estimate of drug-likeness (QED) is 0.787. The first-order valence-electron chi connectivity index (χ1n) is 6.01. The van der Waals surface area contributed by atoms with Gasteiger partial charge >= 0.3 is 0 Å². The molecule has 0 saturated heterocycles. The Morgan fingerprint density at radius 2 is 1.89 bits per heavy atom. The molecule has 0 aliphatic rings. The molecule has 1 aromatic heterocycles. The van der Waals surface area contributed by atoms with Crippen molar-refractivity contribution in [1.82, 2.24) is 15.3 Å². The molecule has 19 heavy (non-hydrogen) atoms. The van der Waals surface area contributed by atoms with Crippen LogP contribution in [0.3, 0.4) is 0 Å². The SMILES string of the molecule is CNc1ncnc(NC(C)C(=O)NC(C)(C)C)c1Br. The third-order valence-electron chi connectivity index (χ3n) is 2.27. The highest BCUT2D eigenvalue weighted by molar-refractivity contribution is 9.10. The van der Waals surface area contributed by atoms with Gasteiger partial charge in [0.2, 0.25) is 5.91 Å². The zero-order valence-corrected chi connectivity index (χ0v) is 13.4. The van der Waals surface area contributed by atoms with Crippen molar-refractivity contribution in [3.63, 3.8) is 0 Å². The summed E-state index contributed by atoms with van der Waals surface area (Å²) in [4.78, 5) is 20.2. The van der Waals surface area contributed by atoms with Crippen LogP contribution in [0.25, 0.3) is 0 Å². The summed E-state index contributed by atoms with van der Waals surface area (Å²) in [5.74, 6) is 1.17. The second kappa shape index (κ2) is 6.18. The number of aromatic nitrogens is 2. The zero-order chi connectivity index (χ0) is 14.6. The lowest BCUT2D eigenvalue weighted by atomic mass is 10.1. The van der Waals surface area contributed by atoms with E-state index in [1.54, 1.807) is 14.0 Å². The molecule has 0 aliphatic carbocycles. The Morgan fingerprint density at radius 3 is 2.42 bits per heavy atom. The minimum absolute atomic E-state index is 0.0796. The summed E-state index contributed by atoms with van der Waals surface area (Å²) in [7, 11) is 1.77. The number of nitrogens with zero attached hydrogens (tertiary/aromatic N) is 2. The topological polar surface area (TPSA) is 78.9 Å². The Labute approximate surface area is 121 Å². The van der Waals surface area contributed by atoms with Crippen LogP contribution in [0.2, 0.25) is 0 Å². The molecule has 1 amide bonds. The number of hydrogen-bond donors (Lipinski definition) is 3. The number of nitrogens with one attached hydrogen (secondary N) is 3. The monoisotopic (exact) mass is 329 g/mol. The zero-order valence-electron chi connectivity index (χ0n) is 11.8. The van der Waals surface area contributed by atoms with E-state index < -0.39 is 6.04 Å². The van der Waals surface area contributed by atoms with E-state index in [4.69, 9.17) is 0 Å². The maximum atomic E-state index is 12.0. The summed E-state index contributed by atoms with van der Waals surface area (Å²) in [5, 5.41) is 8.91. The van der Waals surface area contributed by atoms with Gasteiger partial charge in [0, 0.05) is 12.6 Å². The summed E-state index contributed by atoms with van der Waals surface area (Å²) in [5.41, 5.74) is -0.258. The van der Waals surface area contributed by atoms with Gasteiger partial charge in [-0.15, -0.1) is 0 Å². The minimum Gasteiger partial charge on any atom is -0.372 e. The largest absolute Gasteiger partial charge is 0.372 e. The summed E-state index contributed by atoms with van der Waals surface area (Å²) >= 11 is 3.40. The smallest absolute Gasteiger partial charge is 0.242 e. The van der Waals surface area contributed by atoms with Crippen molar-refractivity contribution in [3.8, 4) is 0 Å². The Morgan fingerprint density at radius 1 is 1.32 bits per heavy atom. The summed E-state index contributed by atoms with van der Waals surface area (Å²) in [6.07, 6.45) is 1.44. The number of hydrogen-bond acceptors (Lipinski definition) is 5. The van der Waals surface area contributed by atoms with Crippen LogP contribution in [0.5, 0.6) is 0 Å². The molecule has 0 radical (unpaired) electrons. The van der Waals surface area contributed by atoms with Crippen LogP contribution in [0, 0.1) is 0 Å². The molecule has 0 saturated carbocycles. The number of carbonyl (C=O) groups excluding carboxylic acids is 1. The number of rotatable bonds is 4. The maximum Gasteiger partial charge on any atom is 0.242 e. The van der Waals surface area contributed by atoms with Crippen molar-refractivity contribution >= 4 is 33.5 Å². The van der Waals surface area contributed by atoms with Gasteiger partial charge in [-0.25, -0.2) is 9.97 Å². The minimum atomic E-state index is -0.393. The lowest BCUT2D eigenvalue weighted by molar-refractivity contribution is -0.122. The van der Waals surface area contributed by atoms with Crippen molar-refractivity contribution in [2.45, 2.75) is 39.3 Å². The van der Waals surface area contributed by atoms with E-state index in [1.165, 1.54) is 6.33 Å². The van der Waals surface area contributed by atoms with E-state index in [0.29, 0.717) is 16.1 Å². The maximum absolute atomic E-state index is 12.0. The van der Waals surface area contributed by atoms with Gasteiger partial charge in [0.15, 0.2) is 0 Å². The first-order chi connectivity index (χ1) is 8.74. The average molecular weight is 330 g/mol. The van der Waals surface area contributed by atoms with Gasteiger partial charge in [0.05, 0.1) is 0 Å². The third kappa shape index (κ3) is 4.66. The van der Waals surface area contributed by atoms with Gasteiger partial charge in [-0.1, -0.05) is 0 Å². The fourth-order valence-corrected chi connectivity index (χ4v) is 1.91. The van der Waals surface area contributed by atoms with E-state index in [2.05, 4.69) is 41.8 Å². The molecule has 1 unspecified atom stereocenters. The van der Waals surface area contributed by atoms with Crippen molar-refractivity contribution in [3.05, 3.63) is 10.8 Å². The fraction of sp³-hybridized carbons (Fsp3) is 0.583. The molecule has 0 fully saturated rings. The molecule has 0 aliphatic heterocycles. The predicted molar refractivity (Wildman–Crippen MR) is 80.3 cm³/mol. The molecule has 1 atom stereocenters. The molecule has 0 bridgehead atoms. The first-order valence-corrected chi connectivity index (χ1v) is 6.80. The van der Waals surface area contributed by atoms with Crippen molar-refractivity contribution < 1.29 is 4.79 Å². The highest BCUT2D eigenvalue weighted by Gasteiger charge is 2.20. The predicted octanol–water partition coefficient (Wildman–Crippen LogP) is 2.00. The van der Waals surface area contributed by atoms with Crippen molar-refractivity contribution in [2.75, 3.05) is 17.7 Å². The van der Waals surface area contributed by atoms with Gasteiger partial charge in [-0.05, 0) is 43.6 Å². The van der Waals surface area contributed by atoms with Gasteiger partial charge in [0.1, 0.15) is 28.5 Å². The molecule has 1 rings (SSSR count). The van der Waals surface area contributed by atoms with Gasteiger partial charge in [-0.2, -0.15) is 0 Å². The average Bonchev–Trinajstić information content (AvgIpc) is 2.29. The Hall–Kier alpha value is -1.37. The van der Waals surface area contributed by atoms with E-state index in [-0.39, 0.29) is 11.4 Å². The van der Waals surface area contributed by atoms with Crippen molar-refractivity contribution in [1.29, 1.82) is 0 Å².